The molecule has 1 aromatic carbocycles. The molecule has 1 aliphatic rings. The van der Waals surface area contributed by atoms with Gasteiger partial charge in [0, 0.05) is 11.5 Å². The first-order chi connectivity index (χ1) is 7.36. The number of rotatable bonds is 1. The Morgan fingerprint density at radius 3 is 2.67 bits per heavy atom. The molecule has 0 fully saturated rings. The van der Waals surface area contributed by atoms with Crippen LogP contribution < -0.4 is 0 Å². The zero-order valence-corrected chi connectivity index (χ0v) is 8.60. The van der Waals surface area contributed by atoms with Crippen molar-refractivity contribution in [2.24, 2.45) is 0 Å². The van der Waals surface area contributed by atoms with E-state index in [1.807, 2.05) is 12.1 Å². The highest BCUT2D eigenvalue weighted by atomic mass is 16.3. The Morgan fingerprint density at radius 1 is 1.07 bits per heavy atom. The zero-order chi connectivity index (χ0) is 10.3. The first-order valence-corrected chi connectivity index (χ1v) is 5.20. The van der Waals surface area contributed by atoms with Crippen LogP contribution in [0.5, 0.6) is 0 Å². The second-order valence-corrected chi connectivity index (χ2v) is 3.93. The fourth-order valence-corrected chi connectivity index (χ4v) is 2.22. The van der Waals surface area contributed by atoms with E-state index in [1.165, 1.54) is 16.7 Å². The third-order valence-electron chi connectivity index (χ3n) is 3.05. The monoisotopic (exact) mass is 196 g/mol. The molecule has 1 unspecified atom stereocenters. The Labute approximate surface area is 89.0 Å². The van der Waals surface area contributed by atoms with Crippen LogP contribution in [0, 0.1) is 0 Å². The van der Waals surface area contributed by atoms with Gasteiger partial charge in [0.25, 0.3) is 0 Å². The Hall–Kier alpha value is -1.76. The molecule has 0 radical (unpaired) electrons. The Morgan fingerprint density at radius 2 is 1.93 bits per heavy atom. The van der Waals surface area contributed by atoms with E-state index in [4.69, 9.17) is 4.42 Å². The molecule has 0 saturated heterocycles. The van der Waals surface area contributed by atoms with Crippen LogP contribution in [0.25, 0.3) is 11.6 Å². The van der Waals surface area contributed by atoms with Crippen LogP contribution >= 0.6 is 0 Å². The van der Waals surface area contributed by atoms with Crippen molar-refractivity contribution in [3.8, 4) is 0 Å². The number of fused-ring (bicyclic) bond motifs is 1. The van der Waals surface area contributed by atoms with Crippen LogP contribution in [-0.4, -0.2) is 0 Å². The van der Waals surface area contributed by atoms with Crippen molar-refractivity contribution in [3.63, 3.8) is 0 Å². The molecule has 0 spiro atoms. The molecule has 1 atom stereocenters. The molecule has 15 heavy (non-hydrogen) atoms. The molecule has 0 bridgehead atoms. The number of hydrogen-bond acceptors (Lipinski definition) is 1. The fourth-order valence-electron chi connectivity index (χ4n) is 2.22. The van der Waals surface area contributed by atoms with E-state index in [9.17, 15) is 0 Å². The van der Waals surface area contributed by atoms with Crippen molar-refractivity contribution < 1.29 is 4.42 Å². The summed E-state index contributed by atoms with van der Waals surface area (Å²) in [6, 6.07) is 12.5. The Bertz CT molecular complexity index is 506. The highest BCUT2D eigenvalue weighted by Crippen LogP contribution is 2.41. The lowest BCUT2D eigenvalue weighted by atomic mass is 9.97. The molecular formula is C14H12O. The summed E-state index contributed by atoms with van der Waals surface area (Å²) in [4.78, 5) is 0. The summed E-state index contributed by atoms with van der Waals surface area (Å²) in [7, 11) is 0. The fraction of sp³-hybridized carbons (Fsp3) is 0.143. The van der Waals surface area contributed by atoms with Crippen molar-refractivity contribution in [3.05, 3.63) is 59.5 Å². The lowest BCUT2D eigenvalue weighted by Crippen LogP contribution is -1.91. The highest BCUT2D eigenvalue weighted by molar-refractivity contribution is 5.89. The molecule has 1 heteroatoms. The van der Waals surface area contributed by atoms with Gasteiger partial charge in [0.15, 0.2) is 0 Å². The zero-order valence-electron chi connectivity index (χ0n) is 8.60. The summed E-state index contributed by atoms with van der Waals surface area (Å²) in [5, 5.41) is 0. The maximum absolute atomic E-state index is 5.45. The van der Waals surface area contributed by atoms with Crippen molar-refractivity contribution in [2.75, 3.05) is 0 Å². The van der Waals surface area contributed by atoms with E-state index in [1.54, 1.807) is 6.26 Å². The van der Waals surface area contributed by atoms with Crippen LogP contribution in [0.4, 0.5) is 0 Å². The van der Waals surface area contributed by atoms with Gasteiger partial charge in [-0.25, -0.2) is 0 Å². The normalized spacial score (nSPS) is 18.7. The maximum atomic E-state index is 5.45. The predicted octanol–water partition coefficient (Wildman–Crippen LogP) is 3.94. The SMILES string of the molecule is CC1C(c2ccco2)=Cc2ccccc21. The minimum Gasteiger partial charge on any atom is -0.465 e. The van der Waals surface area contributed by atoms with E-state index in [0.29, 0.717) is 5.92 Å². The van der Waals surface area contributed by atoms with Gasteiger partial charge in [-0.3, -0.25) is 0 Å². The van der Waals surface area contributed by atoms with Gasteiger partial charge >= 0.3 is 0 Å². The van der Waals surface area contributed by atoms with E-state index < -0.39 is 0 Å². The minimum absolute atomic E-state index is 0.437. The Balaban J connectivity index is 2.11. The summed E-state index contributed by atoms with van der Waals surface area (Å²) >= 11 is 0. The molecule has 0 saturated carbocycles. The smallest absolute Gasteiger partial charge is 0.130 e. The third kappa shape index (κ3) is 1.23. The third-order valence-corrected chi connectivity index (χ3v) is 3.05. The van der Waals surface area contributed by atoms with E-state index in [2.05, 4.69) is 37.3 Å². The molecule has 1 aromatic heterocycles. The molecule has 1 nitrogen and oxygen atoms in total. The van der Waals surface area contributed by atoms with Gasteiger partial charge in [0.2, 0.25) is 0 Å². The van der Waals surface area contributed by atoms with E-state index >= 15 is 0 Å². The first-order valence-electron chi connectivity index (χ1n) is 5.20. The molecule has 0 N–H and O–H groups in total. The Kier molecular flexibility index (Phi) is 1.78. The van der Waals surface area contributed by atoms with Crippen LogP contribution in [0.1, 0.15) is 29.7 Å². The minimum atomic E-state index is 0.437. The topological polar surface area (TPSA) is 13.1 Å². The molecule has 0 amide bonds. The van der Waals surface area contributed by atoms with E-state index in [0.717, 1.165) is 5.76 Å². The average Bonchev–Trinajstić information content (AvgIpc) is 2.87. The van der Waals surface area contributed by atoms with Gasteiger partial charge in [-0.2, -0.15) is 0 Å². The van der Waals surface area contributed by atoms with Crippen LogP contribution in [-0.2, 0) is 0 Å². The maximum Gasteiger partial charge on any atom is 0.130 e. The van der Waals surface area contributed by atoms with Gasteiger partial charge in [0.05, 0.1) is 6.26 Å². The molecule has 0 aliphatic heterocycles. The second kappa shape index (κ2) is 3.13. The quantitative estimate of drug-likeness (QED) is 0.673. The number of benzene rings is 1. The molecule has 3 rings (SSSR count). The van der Waals surface area contributed by atoms with Crippen molar-refractivity contribution in [1.82, 2.24) is 0 Å². The summed E-state index contributed by atoms with van der Waals surface area (Å²) in [6.45, 7) is 2.22. The van der Waals surface area contributed by atoms with Gasteiger partial charge in [-0.15, -0.1) is 0 Å². The largest absolute Gasteiger partial charge is 0.465 e. The molecule has 2 aromatic rings. The molecule has 1 heterocycles. The highest BCUT2D eigenvalue weighted by Gasteiger charge is 2.23. The molecule has 1 aliphatic carbocycles. The van der Waals surface area contributed by atoms with Crippen molar-refractivity contribution >= 4 is 11.6 Å². The summed E-state index contributed by atoms with van der Waals surface area (Å²) in [5.41, 5.74) is 3.99. The predicted molar refractivity (Wildman–Crippen MR) is 61.4 cm³/mol. The van der Waals surface area contributed by atoms with Gasteiger partial charge in [-0.1, -0.05) is 31.2 Å². The molecule has 74 valence electrons. The van der Waals surface area contributed by atoms with Crippen molar-refractivity contribution in [2.45, 2.75) is 12.8 Å². The lowest BCUT2D eigenvalue weighted by molar-refractivity contribution is 0.549. The number of allylic oxidation sites excluding steroid dienone is 1. The van der Waals surface area contributed by atoms with Crippen molar-refractivity contribution in [1.29, 1.82) is 0 Å². The average molecular weight is 196 g/mol. The second-order valence-electron chi connectivity index (χ2n) is 3.93. The molecular weight excluding hydrogens is 184 g/mol. The number of furan rings is 1. The van der Waals surface area contributed by atoms with E-state index in [-0.39, 0.29) is 0 Å². The number of hydrogen-bond donors (Lipinski definition) is 0. The van der Waals surface area contributed by atoms with Gasteiger partial charge in [0.1, 0.15) is 5.76 Å². The standard InChI is InChI=1S/C14H12O/c1-10-12-6-3-2-5-11(12)9-13(10)14-7-4-8-15-14/h2-10H,1H3. The summed E-state index contributed by atoms with van der Waals surface area (Å²) in [5.74, 6) is 1.42. The van der Waals surface area contributed by atoms with Crippen LogP contribution in [0.3, 0.4) is 0 Å². The first kappa shape index (κ1) is 8.54. The van der Waals surface area contributed by atoms with Gasteiger partial charge < -0.3 is 4.42 Å². The summed E-state index contributed by atoms with van der Waals surface area (Å²) in [6.07, 6.45) is 3.95. The van der Waals surface area contributed by atoms with Gasteiger partial charge in [-0.05, 0) is 29.3 Å². The van der Waals surface area contributed by atoms with Crippen LogP contribution in [0.2, 0.25) is 0 Å². The lowest BCUT2D eigenvalue weighted by Gasteiger charge is -2.08. The van der Waals surface area contributed by atoms with Crippen LogP contribution in [0.15, 0.2) is 47.1 Å². The summed E-state index contributed by atoms with van der Waals surface area (Å²) < 4.78 is 5.45.